The number of nitrogens with zero attached hydrogens (tertiary/aromatic N) is 6. The number of fused-ring (bicyclic) bond motifs is 1. The number of carbonyl (C=O) groups is 1. The number of carboxylic acid groups (broad SMARTS) is 1. The Morgan fingerprint density at radius 1 is 1.18 bits per heavy atom. The number of phenolic OH excluding ortho intramolecular Hbond substituents is 1. The lowest BCUT2D eigenvalue weighted by molar-refractivity contribution is 0.154. The van der Waals surface area contributed by atoms with E-state index in [9.17, 15) is 19.8 Å². The van der Waals surface area contributed by atoms with E-state index in [1.54, 1.807) is 53.4 Å². The molecule has 1 saturated heterocycles. The minimum atomic E-state index is -1.00. The van der Waals surface area contributed by atoms with Gasteiger partial charge >= 0.3 is 11.8 Å². The van der Waals surface area contributed by atoms with Crippen LogP contribution in [0.3, 0.4) is 0 Å². The summed E-state index contributed by atoms with van der Waals surface area (Å²) in [5.41, 5.74) is 2.70. The van der Waals surface area contributed by atoms with Gasteiger partial charge in [-0.1, -0.05) is 0 Å². The first-order chi connectivity index (χ1) is 16.0. The Hall–Kier alpha value is -4.65. The fourth-order valence-electron chi connectivity index (χ4n) is 4.23. The van der Waals surface area contributed by atoms with Gasteiger partial charge in [-0.25, -0.2) is 14.6 Å². The summed E-state index contributed by atoms with van der Waals surface area (Å²) in [6.45, 7) is 0.587. The summed E-state index contributed by atoms with van der Waals surface area (Å²) in [5, 5.41) is 28.1. The number of imidazole rings is 1. The van der Waals surface area contributed by atoms with Gasteiger partial charge in [0.25, 0.3) is 0 Å². The van der Waals surface area contributed by atoms with Crippen LogP contribution in [-0.4, -0.2) is 53.4 Å². The Balaban J connectivity index is 1.57. The van der Waals surface area contributed by atoms with E-state index in [2.05, 4.69) is 9.97 Å². The number of phenols is 1. The van der Waals surface area contributed by atoms with Gasteiger partial charge in [0.05, 0.1) is 34.7 Å². The minimum absolute atomic E-state index is 0.0990. The number of pyridine rings is 2. The van der Waals surface area contributed by atoms with Gasteiger partial charge < -0.3 is 15.1 Å². The van der Waals surface area contributed by atoms with Crippen molar-refractivity contribution in [1.29, 1.82) is 5.26 Å². The summed E-state index contributed by atoms with van der Waals surface area (Å²) in [5.74, 6) is -0.0990. The summed E-state index contributed by atoms with van der Waals surface area (Å²) in [4.78, 5) is 34.9. The van der Waals surface area contributed by atoms with E-state index < -0.39 is 6.09 Å². The maximum absolute atomic E-state index is 13.5. The highest BCUT2D eigenvalue weighted by molar-refractivity contribution is 5.74. The van der Waals surface area contributed by atoms with Crippen LogP contribution in [0.2, 0.25) is 0 Å². The van der Waals surface area contributed by atoms with E-state index >= 15 is 0 Å². The Morgan fingerprint density at radius 2 is 2.03 bits per heavy atom. The van der Waals surface area contributed by atoms with E-state index in [0.717, 1.165) is 0 Å². The highest BCUT2D eigenvalue weighted by Gasteiger charge is 2.31. The number of likely N-dealkylation sites (tertiary alicyclic amines) is 1. The SMILES string of the molecule is N#Cc1cc(-c2ccc(-n3c(=O)n(C4CCN(C(=O)O)C4)c4ncccc43)cn2)ccc1O. The predicted molar refractivity (Wildman–Crippen MR) is 118 cm³/mol. The Bertz CT molecular complexity index is 1480. The molecule has 164 valence electrons. The minimum Gasteiger partial charge on any atom is -0.507 e. The largest absolute Gasteiger partial charge is 0.507 e. The van der Waals surface area contributed by atoms with Crippen molar-refractivity contribution in [2.24, 2.45) is 0 Å². The summed E-state index contributed by atoms with van der Waals surface area (Å²) < 4.78 is 3.07. The molecule has 0 bridgehead atoms. The highest BCUT2D eigenvalue weighted by Crippen LogP contribution is 2.27. The lowest BCUT2D eigenvalue weighted by Crippen LogP contribution is -2.31. The van der Waals surface area contributed by atoms with E-state index in [1.165, 1.54) is 15.5 Å². The lowest BCUT2D eigenvalue weighted by Gasteiger charge is -2.13. The van der Waals surface area contributed by atoms with Crippen molar-refractivity contribution in [3.8, 4) is 28.8 Å². The molecule has 1 amide bonds. The number of hydrogen-bond donors (Lipinski definition) is 2. The van der Waals surface area contributed by atoms with Gasteiger partial charge in [-0.3, -0.25) is 14.1 Å². The summed E-state index contributed by atoms with van der Waals surface area (Å²) >= 11 is 0. The Kier molecular flexibility index (Phi) is 4.79. The van der Waals surface area contributed by atoms with Crippen LogP contribution in [0.25, 0.3) is 28.1 Å². The summed E-state index contributed by atoms with van der Waals surface area (Å²) in [6, 6.07) is 13.3. The molecule has 3 aromatic heterocycles. The van der Waals surface area contributed by atoms with Crippen molar-refractivity contribution in [2.45, 2.75) is 12.5 Å². The van der Waals surface area contributed by atoms with Crippen LogP contribution in [0.5, 0.6) is 5.75 Å². The van der Waals surface area contributed by atoms with Crippen molar-refractivity contribution in [2.75, 3.05) is 13.1 Å². The molecule has 0 spiro atoms. The molecular weight excluding hydrogens is 424 g/mol. The molecule has 4 heterocycles. The lowest BCUT2D eigenvalue weighted by atomic mass is 10.1. The molecule has 1 unspecified atom stereocenters. The van der Waals surface area contributed by atoms with Crippen molar-refractivity contribution in [3.63, 3.8) is 0 Å². The molecule has 10 heteroatoms. The summed E-state index contributed by atoms with van der Waals surface area (Å²) in [6.07, 6.45) is 2.69. The first kappa shape index (κ1) is 20.3. The van der Waals surface area contributed by atoms with Gasteiger partial charge in [0.2, 0.25) is 0 Å². The molecule has 5 rings (SSSR count). The molecule has 10 nitrogen and oxygen atoms in total. The molecule has 33 heavy (non-hydrogen) atoms. The third-order valence-corrected chi connectivity index (χ3v) is 5.85. The number of nitriles is 1. The zero-order valence-electron chi connectivity index (χ0n) is 17.3. The van der Waals surface area contributed by atoms with Crippen LogP contribution < -0.4 is 5.69 Å². The van der Waals surface area contributed by atoms with Crippen molar-refractivity contribution in [1.82, 2.24) is 24.0 Å². The Morgan fingerprint density at radius 3 is 2.73 bits per heavy atom. The van der Waals surface area contributed by atoms with Crippen LogP contribution in [0.1, 0.15) is 18.0 Å². The van der Waals surface area contributed by atoms with Gasteiger partial charge in [-0.2, -0.15) is 5.26 Å². The second-order valence-electron chi connectivity index (χ2n) is 7.75. The third-order valence-electron chi connectivity index (χ3n) is 5.85. The molecule has 4 aromatic rings. The number of aromatic nitrogens is 4. The standard InChI is InChI=1S/C23H18N6O4/c24-11-15-10-14(3-6-20(15)30)18-5-4-16(12-26-18)28-19-2-1-8-25-21(19)29(22(28)31)17-7-9-27(13-17)23(32)33/h1-6,8,10,12,17,30H,7,9,13H2,(H,32,33). The topological polar surface area (TPSA) is 137 Å². The molecular formula is C23H18N6O4. The highest BCUT2D eigenvalue weighted by atomic mass is 16.4. The van der Waals surface area contributed by atoms with Crippen LogP contribution in [0.15, 0.2) is 59.7 Å². The van der Waals surface area contributed by atoms with E-state index in [4.69, 9.17) is 5.26 Å². The normalized spacial score (nSPS) is 15.6. The van der Waals surface area contributed by atoms with Gasteiger partial charge in [-0.15, -0.1) is 0 Å². The van der Waals surface area contributed by atoms with Gasteiger partial charge in [0, 0.05) is 24.8 Å². The zero-order valence-corrected chi connectivity index (χ0v) is 17.3. The molecule has 1 atom stereocenters. The predicted octanol–water partition coefficient (Wildman–Crippen LogP) is 2.75. The zero-order chi connectivity index (χ0) is 23.1. The molecule has 0 aliphatic carbocycles. The van der Waals surface area contributed by atoms with Gasteiger partial charge in [-0.05, 0) is 48.9 Å². The fraction of sp³-hybridized carbons (Fsp3) is 0.174. The number of benzene rings is 1. The maximum Gasteiger partial charge on any atom is 0.407 e. The molecule has 1 aliphatic rings. The van der Waals surface area contributed by atoms with Crippen LogP contribution in [0, 0.1) is 11.3 Å². The molecule has 0 saturated carbocycles. The summed E-state index contributed by atoms with van der Waals surface area (Å²) in [7, 11) is 0. The number of rotatable bonds is 3. The molecule has 2 N–H and O–H groups in total. The van der Waals surface area contributed by atoms with E-state index in [-0.39, 0.29) is 29.6 Å². The third kappa shape index (κ3) is 3.36. The quantitative estimate of drug-likeness (QED) is 0.498. The second kappa shape index (κ2) is 7.80. The van der Waals surface area contributed by atoms with Gasteiger partial charge in [0.1, 0.15) is 11.8 Å². The maximum atomic E-state index is 13.5. The average Bonchev–Trinajstić information content (AvgIpc) is 3.42. The van der Waals surface area contributed by atoms with Crippen molar-refractivity contribution >= 4 is 17.3 Å². The smallest absolute Gasteiger partial charge is 0.407 e. The number of hydrogen-bond acceptors (Lipinski definition) is 6. The van der Waals surface area contributed by atoms with Crippen molar-refractivity contribution in [3.05, 3.63) is 70.9 Å². The van der Waals surface area contributed by atoms with E-state index in [1.807, 2.05) is 6.07 Å². The first-order valence-corrected chi connectivity index (χ1v) is 10.2. The van der Waals surface area contributed by atoms with Crippen LogP contribution >= 0.6 is 0 Å². The number of aromatic hydroxyl groups is 1. The van der Waals surface area contributed by atoms with E-state index in [0.29, 0.717) is 41.1 Å². The average molecular weight is 442 g/mol. The molecule has 1 fully saturated rings. The van der Waals surface area contributed by atoms with Gasteiger partial charge in [0.15, 0.2) is 5.65 Å². The van der Waals surface area contributed by atoms with Crippen molar-refractivity contribution < 1.29 is 15.0 Å². The van der Waals surface area contributed by atoms with Crippen LogP contribution in [0.4, 0.5) is 4.79 Å². The first-order valence-electron chi connectivity index (χ1n) is 10.2. The second-order valence-corrected chi connectivity index (χ2v) is 7.75. The molecule has 0 radical (unpaired) electrons. The molecule has 1 aromatic carbocycles. The fourth-order valence-corrected chi connectivity index (χ4v) is 4.23. The Labute approximate surface area is 187 Å². The molecule has 1 aliphatic heterocycles. The van der Waals surface area contributed by atoms with Crippen LogP contribution in [-0.2, 0) is 0 Å². The monoisotopic (exact) mass is 442 g/mol. The number of amides is 1.